The smallest absolute Gasteiger partial charge is 0.143 e. The molecule has 0 aliphatic heterocycles. The topological polar surface area (TPSA) is 16.4 Å². The minimum atomic E-state index is -0.247. The number of furan rings is 1. The molecule has 0 saturated carbocycles. The molecule has 2 heteroatoms. The van der Waals surface area contributed by atoms with Gasteiger partial charge in [0.2, 0.25) is 0 Å². The summed E-state index contributed by atoms with van der Waals surface area (Å²) in [6, 6.07) is 72.7. The summed E-state index contributed by atoms with van der Waals surface area (Å²) in [5.41, 5.74) is 17.0. The number of para-hydroxylation sites is 3. The van der Waals surface area contributed by atoms with Crippen molar-refractivity contribution < 1.29 is 4.42 Å². The molecule has 0 saturated heterocycles. The van der Waals surface area contributed by atoms with E-state index in [1.165, 1.54) is 44.3 Å². The van der Waals surface area contributed by atoms with Crippen LogP contribution in [0.15, 0.2) is 205 Å². The van der Waals surface area contributed by atoms with Crippen LogP contribution in [0.4, 0.5) is 17.1 Å². The van der Waals surface area contributed by atoms with Gasteiger partial charge in [0.25, 0.3) is 0 Å². The van der Waals surface area contributed by atoms with E-state index in [1.807, 2.05) is 6.07 Å². The van der Waals surface area contributed by atoms with Crippen LogP contribution in [0.1, 0.15) is 25.0 Å². The van der Waals surface area contributed by atoms with Gasteiger partial charge in [-0.3, -0.25) is 0 Å². The molecule has 0 fully saturated rings. The monoisotopic (exact) mass is 729 g/mol. The molecule has 9 aromatic carbocycles. The molecule has 0 unspecified atom stereocenters. The van der Waals surface area contributed by atoms with E-state index in [9.17, 15) is 0 Å². The quantitative estimate of drug-likeness (QED) is 0.169. The number of fused-ring (bicyclic) bond motifs is 7. The molecule has 270 valence electrons. The Kier molecular flexibility index (Phi) is 7.55. The zero-order valence-electron chi connectivity index (χ0n) is 31.9. The van der Waals surface area contributed by atoms with Crippen molar-refractivity contribution in [1.29, 1.82) is 0 Å². The zero-order valence-corrected chi connectivity index (χ0v) is 31.9. The highest BCUT2D eigenvalue weighted by molar-refractivity contribution is 6.12. The van der Waals surface area contributed by atoms with E-state index in [-0.39, 0.29) is 5.41 Å². The van der Waals surface area contributed by atoms with Gasteiger partial charge >= 0.3 is 0 Å². The van der Waals surface area contributed by atoms with Crippen LogP contribution < -0.4 is 4.90 Å². The highest BCUT2D eigenvalue weighted by atomic mass is 16.3. The first-order valence-electron chi connectivity index (χ1n) is 19.8. The summed E-state index contributed by atoms with van der Waals surface area (Å²) in [6.07, 6.45) is 0. The fraction of sp³-hybridized carbons (Fsp3) is 0.0545. The van der Waals surface area contributed by atoms with Gasteiger partial charge in [0.05, 0.1) is 17.1 Å². The maximum Gasteiger partial charge on any atom is 0.143 e. The van der Waals surface area contributed by atoms with Gasteiger partial charge in [0.1, 0.15) is 11.2 Å². The van der Waals surface area contributed by atoms with Crippen molar-refractivity contribution >= 4 is 49.8 Å². The highest BCUT2D eigenvalue weighted by Crippen LogP contribution is 2.56. The molecule has 0 spiro atoms. The Morgan fingerprint density at radius 3 is 1.89 bits per heavy atom. The lowest BCUT2D eigenvalue weighted by molar-refractivity contribution is 0.661. The zero-order chi connectivity index (χ0) is 38.1. The van der Waals surface area contributed by atoms with Crippen LogP contribution in [-0.2, 0) is 5.41 Å². The molecule has 10 aromatic rings. The molecule has 0 atom stereocenters. The first kappa shape index (κ1) is 33.2. The Bertz CT molecular complexity index is 3170. The van der Waals surface area contributed by atoms with Crippen molar-refractivity contribution in [3.05, 3.63) is 211 Å². The molecule has 1 aliphatic carbocycles. The Balaban J connectivity index is 1.25. The van der Waals surface area contributed by atoms with Gasteiger partial charge in [-0.15, -0.1) is 0 Å². The molecule has 1 aliphatic rings. The number of nitrogens with zero attached hydrogens (tertiary/aromatic N) is 1. The summed E-state index contributed by atoms with van der Waals surface area (Å²) in [5, 5.41) is 4.69. The molecule has 0 bridgehead atoms. The molecule has 2 nitrogen and oxygen atoms in total. The average molecular weight is 730 g/mol. The Morgan fingerprint density at radius 1 is 0.404 bits per heavy atom. The van der Waals surface area contributed by atoms with Gasteiger partial charge < -0.3 is 9.32 Å². The van der Waals surface area contributed by atoms with Crippen LogP contribution in [0.2, 0.25) is 0 Å². The number of anilines is 3. The minimum absolute atomic E-state index is 0.247. The van der Waals surface area contributed by atoms with Crippen LogP contribution in [0.3, 0.4) is 0 Å². The average Bonchev–Trinajstić information content (AvgIpc) is 3.76. The third-order valence-corrected chi connectivity index (χ3v) is 12.0. The van der Waals surface area contributed by atoms with E-state index >= 15 is 0 Å². The van der Waals surface area contributed by atoms with Gasteiger partial charge in [-0.05, 0) is 80.0 Å². The summed E-state index contributed by atoms with van der Waals surface area (Å²) < 4.78 is 6.72. The van der Waals surface area contributed by atoms with Gasteiger partial charge in [0.15, 0.2) is 0 Å². The summed E-state index contributed by atoms with van der Waals surface area (Å²) in [6.45, 7) is 4.76. The molecule has 1 heterocycles. The third kappa shape index (κ3) is 5.18. The molecule has 0 amide bonds. The van der Waals surface area contributed by atoms with E-state index in [2.05, 4.69) is 213 Å². The van der Waals surface area contributed by atoms with Crippen molar-refractivity contribution in [3.63, 3.8) is 0 Å². The molecule has 0 N–H and O–H groups in total. The Hall–Kier alpha value is -7.16. The second-order valence-corrected chi connectivity index (χ2v) is 15.6. The lowest BCUT2D eigenvalue weighted by Gasteiger charge is -2.35. The van der Waals surface area contributed by atoms with Gasteiger partial charge in [-0.25, -0.2) is 0 Å². The number of benzene rings is 9. The number of hydrogen-bond donors (Lipinski definition) is 0. The van der Waals surface area contributed by atoms with E-state index in [0.717, 1.165) is 61.1 Å². The summed E-state index contributed by atoms with van der Waals surface area (Å²) in [7, 11) is 0. The number of rotatable bonds is 6. The summed E-state index contributed by atoms with van der Waals surface area (Å²) in [5.74, 6) is 0. The normalized spacial score (nSPS) is 12.9. The Morgan fingerprint density at radius 2 is 1.02 bits per heavy atom. The second kappa shape index (κ2) is 13.0. The molecular weight excluding hydrogens is 691 g/mol. The fourth-order valence-corrected chi connectivity index (χ4v) is 9.48. The van der Waals surface area contributed by atoms with Gasteiger partial charge in [0, 0.05) is 32.9 Å². The van der Waals surface area contributed by atoms with Crippen molar-refractivity contribution in [2.75, 3.05) is 4.90 Å². The molecule has 57 heavy (non-hydrogen) atoms. The molecule has 1 aromatic heterocycles. The lowest BCUT2D eigenvalue weighted by atomic mass is 9.81. The summed E-state index contributed by atoms with van der Waals surface area (Å²) >= 11 is 0. The van der Waals surface area contributed by atoms with Crippen molar-refractivity contribution in [2.24, 2.45) is 0 Å². The van der Waals surface area contributed by atoms with E-state index in [0.29, 0.717) is 0 Å². The van der Waals surface area contributed by atoms with E-state index < -0.39 is 0 Å². The van der Waals surface area contributed by atoms with Crippen molar-refractivity contribution in [1.82, 2.24) is 0 Å². The van der Waals surface area contributed by atoms with Crippen LogP contribution >= 0.6 is 0 Å². The fourth-order valence-electron chi connectivity index (χ4n) is 9.48. The standard InChI is InChI=1S/C55H39NO/c1-55(2)47-28-11-8-22-41(47)44-25-16-31-50(53(44)55)56(48-29-12-9-21-40(48)39-34-33-36-17-6-7-20-38(36)35-39)49-30-15-24-43(52(49)37-18-4-3-5-19-37)46-27-14-26-45-42-23-10-13-32-51(42)57-54(45)46/h3-35H,1-2H3. The first-order valence-corrected chi connectivity index (χ1v) is 19.8. The minimum Gasteiger partial charge on any atom is -0.455 e. The Labute approximate surface area is 332 Å². The lowest BCUT2D eigenvalue weighted by Crippen LogP contribution is -2.21. The van der Waals surface area contributed by atoms with Gasteiger partial charge in [-0.2, -0.15) is 0 Å². The van der Waals surface area contributed by atoms with E-state index in [4.69, 9.17) is 4.42 Å². The van der Waals surface area contributed by atoms with Crippen LogP contribution in [0, 0.1) is 0 Å². The van der Waals surface area contributed by atoms with Crippen LogP contribution in [0.5, 0.6) is 0 Å². The highest BCUT2D eigenvalue weighted by Gasteiger charge is 2.39. The number of hydrogen-bond acceptors (Lipinski definition) is 2. The predicted octanol–water partition coefficient (Wildman–Crippen LogP) is 15.5. The van der Waals surface area contributed by atoms with Crippen molar-refractivity contribution in [2.45, 2.75) is 19.3 Å². The molecule has 11 rings (SSSR count). The first-order chi connectivity index (χ1) is 28.1. The van der Waals surface area contributed by atoms with Crippen LogP contribution in [0.25, 0.3) is 77.2 Å². The maximum absolute atomic E-state index is 6.72. The third-order valence-electron chi connectivity index (χ3n) is 12.0. The second-order valence-electron chi connectivity index (χ2n) is 15.6. The molecule has 0 radical (unpaired) electrons. The predicted molar refractivity (Wildman–Crippen MR) is 240 cm³/mol. The van der Waals surface area contributed by atoms with Crippen LogP contribution in [-0.4, -0.2) is 0 Å². The largest absolute Gasteiger partial charge is 0.455 e. The maximum atomic E-state index is 6.72. The molecular formula is C55H39NO. The van der Waals surface area contributed by atoms with Gasteiger partial charge in [-0.1, -0.05) is 184 Å². The van der Waals surface area contributed by atoms with E-state index in [1.54, 1.807) is 0 Å². The van der Waals surface area contributed by atoms with Crippen molar-refractivity contribution in [3.8, 4) is 44.5 Å². The SMILES string of the molecule is CC1(C)c2ccccc2-c2cccc(N(c3ccccc3-c3ccc4ccccc4c3)c3cccc(-c4cccc5c4oc4ccccc45)c3-c3ccccc3)c21. The summed E-state index contributed by atoms with van der Waals surface area (Å²) in [4.78, 5) is 2.54.